The van der Waals surface area contributed by atoms with E-state index in [2.05, 4.69) is 10.6 Å². The van der Waals surface area contributed by atoms with E-state index >= 15 is 0 Å². The van der Waals surface area contributed by atoms with E-state index in [4.69, 9.17) is 18.6 Å². The lowest BCUT2D eigenvalue weighted by atomic mass is 10.1. The van der Waals surface area contributed by atoms with Gasteiger partial charge in [-0.1, -0.05) is 0 Å². The number of hydrogen-bond acceptors (Lipinski definition) is 9. The van der Waals surface area contributed by atoms with Gasteiger partial charge in [-0.25, -0.2) is 9.59 Å². The maximum Gasteiger partial charge on any atom is 0.340 e. The average molecular weight is 554 g/mol. The Hall–Kier alpha value is -4.71. The smallest absolute Gasteiger partial charge is 0.340 e. The van der Waals surface area contributed by atoms with E-state index in [0.29, 0.717) is 22.7 Å². The summed E-state index contributed by atoms with van der Waals surface area (Å²) in [5.41, 5.74) is 1.34. The monoisotopic (exact) mass is 553 g/mol. The summed E-state index contributed by atoms with van der Waals surface area (Å²) in [7, 11) is 1.51. The Kier molecular flexibility index (Phi) is 10.4. The maximum absolute atomic E-state index is 13.1. The number of esters is 2. The molecule has 1 aliphatic rings. The first-order chi connectivity index (χ1) is 19.2. The summed E-state index contributed by atoms with van der Waals surface area (Å²) in [5.74, 6) is -2.75. The largest absolute Gasteiger partial charge is 0.462 e. The number of ether oxygens (including phenoxy) is 3. The third kappa shape index (κ3) is 7.23. The molecule has 3 amide bonds. The Morgan fingerprint density at radius 3 is 2.27 bits per heavy atom. The number of furan rings is 1. The lowest BCUT2D eigenvalue weighted by Gasteiger charge is -2.16. The van der Waals surface area contributed by atoms with Gasteiger partial charge in [-0.2, -0.15) is 0 Å². The van der Waals surface area contributed by atoms with E-state index in [9.17, 15) is 24.0 Å². The highest BCUT2D eigenvalue weighted by atomic mass is 16.5. The number of nitrogens with zero attached hydrogens (tertiary/aromatic N) is 1. The van der Waals surface area contributed by atoms with Crippen LogP contribution in [0.25, 0.3) is 6.08 Å². The van der Waals surface area contributed by atoms with Crippen LogP contribution in [0.3, 0.4) is 0 Å². The van der Waals surface area contributed by atoms with Crippen molar-refractivity contribution in [2.45, 2.75) is 27.3 Å². The summed E-state index contributed by atoms with van der Waals surface area (Å²) >= 11 is 0. The second-order valence-corrected chi connectivity index (χ2v) is 8.43. The predicted molar refractivity (Wildman–Crippen MR) is 142 cm³/mol. The third-order valence-electron chi connectivity index (χ3n) is 5.76. The van der Waals surface area contributed by atoms with Crippen LogP contribution in [0, 0.1) is 0 Å². The number of anilines is 1. The summed E-state index contributed by atoms with van der Waals surface area (Å²) in [5, 5.41) is 4.89. The first-order valence-electron chi connectivity index (χ1n) is 12.6. The molecule has 0 atom stereocenters. The molecule has 2 aromatic rings. The van der Waals surface area contributed by atoms with E-state index < -0.39 is 29.7 Å². The molecular weight excluding hydrogens is 522 g/mol. The van der Waals surface area contributed by atoms with Crippen LogP contribution >= 0.6 is 0 Å². The number of hydrogen-bond donors (Lipinski definition) is 2. The minimum atomic E-state index is -0.912. The van der Waals surface area contributed by atoms with Crippen molar-refractivity contribution in [3.8, 4) is 0 Å². The predicted octanol–water partition coefficient (Wildman–Crippen LogP) is 2.42. The molecule has 0 aliphatic carbocycles. The van der Waals surface area contributed by atoms with Crippen LogP contribution in [-0.4, -0.2) is 68.0 Å². The maximum atomic E-state index is 13.1. The number of rotatable bonds is 11. The van der Waals surface area contributed by atoms with E-state index in [1.165, 1.54) is 42.4 Å². The Labute approximate surface area is 230 Å². The van der Waals surface area contributed by atoms with Gasteiger partial charge in [0.1, 0.15) is 11.5 Å². The molecule has 3 rings (SSSR count). The molecular formula is C28H31N3O9. The molecule has 1 aromatic carbocycles. The first kappa shape index (κ1) is 29.8. The Bertz CT molecular complexity index is 1340. The molecule has 2 heterocycles. The van der Waals surface area contributed by atoms with Crippen molar-refractivity contribution in [1.82, 2.24) is 10.2 Å². The van der Waals surface area contributed by atoms with Crippen LogP contribution in [0.2, 0.25) is 0 Å². The highest BCUT2D eigenvalue weighted by molar-refractivity contribution is 6.39. The zero-order valence-electron chi connectivity index (χ0n) is 22.7. The molecule has 0 saturated carbocycles. The van der Waals surface area contributed by atoms with Gasteiger partial charge in [0.05, 0.1) is 43.1 Å². The third-order valence-corrected chi connectivity index (χ3v) is 5.76. The van der Waals surface area contributed by atoms with Crippen molar-refractivity contribution < 1.29 is 42.6 Å². The van der Waals surface area contributed by atoms with Crippen molar-refractivity contribution in [3.63, 3.8) is 0 Å². The van der Waals surface area contributed by atoms with E-state index in [1.54, 1.807) is 32.9 Å². The second-order valence-electron chi connectivity index (χ2n) is 8.43. The summed E-state index contributed by atoms with van der Waals surface area (Å²) < 4.78 is 20.8. The van der Waals surface area contributed by atoms with Crippen molar-refractivity contribution in [2.24, 2.45) is 0 Å². The van der Waals surface area contributed by atoms with Gasteiger partial charge >= 0.3 is 23.8 Å². The molecule has 212 valence electrons. The summed E-state index contributed by atoms with van der Waals surface area (Å²) in [4.78, 5) is 63.4. The fourth-order valence-corrected chi connectivity index (χ4v) is 3.83. The molecule has 12 nitrogen and oxygen atoms in total. The Balaban J connectivity index is 1.64. The molecule has 1 aromatic heterocycles. The fourth-order valence-electron chi connectivity index (χ4n) is 3.83. The molecule has 1 aliphatic heterocycles. The van der Waals surface area contributed by atoms with Crippen molar-refractivity contribution in [2.75, 3.05) is 38.8 Å². The number of carbonyl (C=O) groups excluding carboxylic acids is 5. The fraction of sp³-hybridized carbons (Fsp3) is 0.321. The molecule has 0 unspecified atom stereocenters. The van der Waals surface area contributed by atoms with Gasteiger partial charge in [0.25, 0.3) is 5.91 Å². The first-order valence-corrected chi connectivity index (χ1v) is 12.6. The van der Waals surface area contributed by atoms with Gasteiger partial charge in [0.15, 0.2) is 0 Å². The lowest BCUT2D eigenvalue weighted by Crippen LogP contribution is -2.34. The van der Waals surface area contributed by atoms with Gasteiger partial charge in [-0.15, -0.1) is 0 Å². The van der Waals surface area contributed by atoms with Crippen LogP contribution in [0.15, 0.2) is 57.7 Å². The Morgan fingerprint density at radius 1 is 0.950 bits per heavy atom. The van der Waals surface area contributed by atoms with Gasteiger partial charge in [-0.3, -0.25) is 14.4 Å². The second kappa shape index (κ2) is 13.9. The molecule has 40 heavy (non-hydrogen) atoms. The zero-order chi connectivity index (χ0) is 29.2. The molecule has 0 bridgehead atoms. The summed E-state index contributed by atoms with van der Waals surface area (Å²) in [6.07, 6.45) is 1.43. The quantitative estimate of drug-likeness (QED) is 0.243. The normalized spacial score (nSPS) is 13.9. The van der Waals surface area contributed by atoms with Crippen molar-refractivity contribution >= 4 is 41.4 Å². The highest BCUT2D eigenvalue weighted by Crippen LogP contribution is 2.31. The summed E-state index contributed by atoms with van der Waals surface area (Å²) in [6, 6.07) is 9.04. The number of benzene rings is 1. The molecule has 0 radical (unpaired) electrons. The van der Waals surface area contributed by atoms with Crippen LogP contribution in [0.4, 0.5) is 5.69 Å². The number of methoxy groups -OCH3 is 1. The van der Waals surface area contributed by atoms with Crippen LogP contribution in [0.5, 0.6) is 0 Å². The minimum Gasteiger partial charge on any atom is -0.462 e. The van der Waals surface area contributed by atoms with E-state index in [-0.39, 0.29) is 49.8 Å². The van der Waals surface area contributed by atoms with E-state index in [0.717, 1.165) is 0 Å². The number of allylic oxidation sites excluding steroid dienone is 1. The standard InChI is InChI=1S/C28H31N3O9/c1-5-38-27(35)18-7-9-19(10-8-18)30-25(33)24(32)29-16-21-12-11-20(40-21)15-22-23(28(36)39-6-2)17(3)31(26(22)34)13-14-37-4/h7-12,15H,5-6,13-14,16H2,1-4H3,(H,29,32)(H,30,33)/b22-15-. The zero-order valence-corrected chi connectivity index (χ0v) is 22.7. The Morgan fingerprint density at radius 2 is 1.62 bits per heavy atom. The SMILES string of the molecule is CCOC(=O)C1=C(C)N(CCOC)C(=O)/C1=C\c1ccc(CNC(=O)C(=O)Nc2ccc(C(=O)OCC)cc2)o1. The van der Waals surface area contributed by atoms with Crippen molar-refractivity contribution in [3.05, 3.63) is 70.3 Å². The highest BCUT2D eigenvalue weighted by Gasteiger charge is 2.37. The summed E-state index contributed by atoms with van der Waals surface area (Å²) in [6.45, 7) is 5.84. The topological polar surface area (TPSA) is 153 Å². The van der Waals surface area contributed by atoms with E-state index in [1.807, 2.05) is 0 Å². The molecule has 12 heteroatoms. The lowest BCUT2D eigenvalue weighted by molar-refractivity contribution is -0.138. The average Bonchev–Trinajstić information content (AvgIpc) is 3.48. The van der Waals surface area contributed by atoms with Gasteiger partial charge in [0, 0.05) is 25.0 Å². The van der Waals surface area contributed by atoms with Crippen molar-refractivity contribution in [1.29, 1.82) is 0 Å². The number of nitrogens with one attached hydrogen (secondary N) is 2. The van der Waals surface area contributed by atoms with Gasteiger partial charge in [0.2, 0.25) is 0 Å². The van der Waals surface area contributed by atoms with Crippen LogP contribution in [0.1, 0.15) is 42.6 Å². The molecule has 2 N–H and O–H groups in total. The van der Waals surface area contributed by atoms with Crippen LogP contribution < -0.4 is 10.6 Å². The van der Waals surface area contributed by atoms with Gasteiger partial charge < -0.3 is 34.2 Å². The van der Waals surface area contributed by atoms with Gasteiger partial charge in [-0.05, 0) is 63.2 Å². The minimum absolute atomic E-state index is 0.106. The number of amides is 3. The number of carbonyl (C=O) groups is 5. The molecule has 0 spiro atoms. The molecule has 0 saturated heterocycles. The molecule has 0 fully saturated rings. The van der Waals surface area contributed by atoms with Crippen LogP contribution in [-0.2, 0) is 39.9 Å².